The summed E-state index contributed by atoms with van der Waals surface area (Å²) in [6.07, 6.45) is 3.54. The number of benzene rings is 1. The minimum Gasteiger partial charge on any atom is -0.497 e. The van der Waals surface area contributed by atoms with Gasteiger partial charge in [0, 0.05) is 13.3 Å². The van der Waals surface area contributed by atoms with E-state index in [9.17, 15) is 9.59 Å². The van der Waals surface area contributed by atoms with Crippen LogP contribution in [0.15, 0.2) is 36.4 Å². The largest absolute Gasteiger partial charge is 0.497 e. The van der Waals surface area contributed by atoms with E-state index in [1.54, 1.807) is 31.4 Å². The Bertz CT molecular complexity index is 532. The number of esters is 2. The van der Waals surface area contributed by atoms with Gasteiger partial charge in [-0.1, -0.05) is 12.1 Å². The van der Waals surface area contributed by atoms with Crippen molar-refractivity contribution < 1.29 is 23.8 Å². The van der Waals surface area contributed by atoms with Crippen molar-refractivity contribution >= 4 is 11.9 Å². The molecule has 1 aromatic carbocycles. The lowest BCUT2D eigenvalue weighted by Gasteiger charge is -2.13. The van der Waals surface area contributed by atoms with Crippen LogP contribution in [0.4, 0.5) is 0 Å². The molecule has 1 aliphatic carbocycles. The van der Waals surface area contributed by atoms with Crippen molar-refractivity contribution in [3.05, 3.63) is 42.0 Å². The van der Waals surface area contributed by atoms with Gasteiger partial charge in [0.1, 0.15) is 18.0 Å². The van der Waals surface area contributed by atoms with Gasteiger partial charge in [-0.2, -0.15) is 0 Å². The van der Waals surface area contributed by atoms with E-state index in [0.29, 0.717) is 6.42 Å². The van der Waals surface area contributed by atoms with Gasteiger partial charge in [0.25, 0.3) is 0 Å². The molecule has 5 nitrogen and oxygen atoms in total. The lowest BCUT2D eigenvalue weighted by Crippen LogP contribution is -2.20. The van der Waals surface area contributed by atoms with Gasteiger partial charge >= 0.3 is 11.9 Å². The molecule has 0 heterocycles. The normalized spacial score (nSPS) is 20.1. The van der Waals surface area contributed by atoms with Crippen molar-refractivity contribution in [3.63, 3.8) is 0 Å². The van der Waals surface area contributed by atoms with Crippen LogP contribution in [-0.2, 0) is 25.5 Å². The molecule has 0 aliphatic heterocycles. The molecule has 2 unspecified atom stereocenters. The van der Waals surface area contributed by atoms with Crippen LogP contribution in [0.2, 0.25) is 0 Å². The second-order valence-corrected chi connectivity index (χ2v) is 4.82. The van der Waals surface area contributed by atoms with E-state index < -0.39 is 0 Å². The Morgan fingerprint density at radius 3 is 2.29 bits per heavy atom. The molecule has 0 aromatic heterocycles. The number of carbonyl (C=O) groups is 2. The predicted molar refractivity (Wildman–Crippen MR) is 75.9 cm³/mol. The monoisotopic (exact) mass is 290 g/mol. The number of carbonyl (C=O) groups excluding carboxylic acids is 2. The van der Waals surface area contributed by atoms with Crippen molar-refractivity contribution in [1.29, 1.82) is 0 Å². The van der Waals surface area contributed by atoms with E-state index >= 15 is 0 Å². The van der Waals surface area contributed by atoms with Gasteiger partial charge < -0.3 is 14.2 Å². The van der Waals surface area contributed by atoms with Gasteiger partial charge in [0.15, 0.2) is 0 Å². The van der Waals surface area contributed by atoms with Crippen LogP contribution < -0.4 is 4.74 Å². The summed E-state index contributed by atoms with van der Waals surface area (Å²) in [6.45, 7) is 1.36. The predicted octanol–water partition coefficient (Wildman–Crippen LogP) is 2.04. The van der Waals surface area contributed by atoms with Gasteiger partial charge in [0.05, 0.1) is 13.5 Å². The van der Waals surface area contributed by atoms with Gasteiger partial charge in [-0.3, -0.25) is 9.59 Å². The van der Waals surface area contributed by atoms with Crippen molar-refractivity contribution in [2.24, 2.45) is 0 Å². The van der Waals surface area contributed by atoms with Crippen LogP contribution in [0.3, 0.4) is 0 Å². The van der Waals surface area contributed by atoms with E-state index in [1.165, 1.54) is 6.92 Å². The summed E-state index contributed by atoms with van der Waals surface area (Å²) in [5, 5.41) is 0. The molecule has 1 aliphatic rings. The van der Waals surface area contributed by atoms with E-state index in [2.05, 4.69) is 0 Å². The number of methoxy groups -OCH3 is 1. The SMILES string of the molecule is COc1ccc(CC(=O)OC2C=CC(OC(C)=O)C2)cc1. The van der Waals surface area contributed by atoms with Crippen molar-refractivity contribution in [1.82, 2.24) is 0 Å². The molecule has 0 N–H and O–H groups in total. The first-order chi connectivity index (χ1) is 10.1. The summed E-state index contributed by atoms with van der Waals surface area (Å²) in [7, 11) is 1.59. The molecule has 2 atom stereocenters. The maximum atomic E-state index is 11.9. The highest BCUT2D eigenvalue weighted by molar-refractivity contribution is 5.73. The van der Waals surface area contributed by atoms with Crippen LogP contribution >= 0.6 is 0 Å². The zero-order chi connectivity index (χ0) is 15.2. The molecule has 0 amide bonds. The van der Waals surface area contributed by atoms with Gasteiger partial charge in [-0.25, -0.2) is 0 Å². The average molecular weight is 290 g/mol. The van der Waals surface area contributed by atoms with Gasteiger partial charge in [0.2, 0.25) is 0 Å². The maximum absolute atomic E-state index is 11.9. The quantitative estimate of drug-likeness (QED) is 0.613. The Morgan fingerprint density at radius 1 is 1.10 bits per heavy atom. The fraction of sp³-hybridized carbons (Fsp3) is 0.375. The van der Waals surface area contributed by atoms with Crippen LogP contribution in [0, 0.1) is 0 Å². The molecule has 0 saturated heterocycles. The summed E-state index contributed by atoms with van der Waals surface area (Å²) in [5.41, 5.74) is 0.860. The van der Waals surface area contributed by atoms with Crippen LogP contribution in [0.25, 0.3) is 0 Å². The first kappa shape index (κ1) is 15.1. The Balaban J connectivity index is 1.80. The molecule has 21 heavy (non-hydrogen) atoms. The highest BCUT2D eigenvalue weighted by atomic mass is 16.6. The lowest BCUT2D eigenvalue weighted by molar-refractivity contribution is -0.148. The first-order valence-corrected chi connectivity index (χ1v) is 6.75. The zero-order valence-corrected chi connectivity index (χ0v) is 12.1. The highest BCUT2D eigenvalue weighted by Crippen LogP contribution is 2.18. The number of hydrogen-bond donors (Lipinski definition) is 0. The Hall–Kier alpha value is -2.30. The summed E-state index contributed by atoms with van der Waals surface area (Å²) in [5.74, 6) is 0.100. The minimum absolute atomic E-state index is 0.201. The second-order valence-electron chi connectivity index (χ2n) is 4.82. The van der Waals surface area contributed by atoms with Crippen molar-refractivity contribution in [2.75, 3.05) is 7.11 Å². The molecule has 5 heteroatoms. The summed E-state index contributed by atoms with van der Waals surface area (Å²) in [6, 6.07) is 7.25. The molecular formula is C16H18O5. The second kappa shape index (κ2) is 6.92. The van der Waals surface area contributed by atoms with Crippen LogP contribution in [0.1, 0.15) is 18.9 Å². The molecule has 0 fully saturated rings. The van der Waals surface area contributed by atoms with Gasteiger partial charge in [-0.05, 0) is 29.8 Å². The smallest absolute Gasteiger partial charge is 0.310 e. The van der Waals surface area contributed by atoms with Crippen LogP contribution in [0.5, 0.6) is 5.75 Å². The molecular weight excluding hydrogens is 272 g/mol. The molecule has 0 saturated carbocycles. The van der Waals surface area contributed by atoms with E-state index in [0.717, 1.165) is 11.3 Å². The number of rotatable bonds is 5. The van der Waals surface area contributed by atoms with Gasteiger partial charge in [-0.15, -0.1) is 0 Å². The Labute approximate surface area is 123 Å². The fourth-order valence-electron chi connectivity index (χ4n) is 2.14. The molecule has 112 valence electrons. The maximum Gasteiger partial charge on any atom is 0.310 e. The third-order valence-electron chi connectivity index (χ3n) is 3.11. The van der Waals surface area contributed by atoms with E-state index in [1.807, 2.05) is 12.1 Å². The van der Waals surface area contributed by atoms with Crippen LogP contribution in [-0.4, -0.2) is 31.3 Å². The third-order valence-corrected chi connectivity index (χ3v) is 3.11. The summed E-state index contributed by atoms with van der Waals surface area (Å²) < 4.78 is 15.4. The van der Waals surface area contributed by atoms with E-state index in [-0.39, 0.29) is 30.6 Å². The first-order valence-electron chi connectivity index (χ1n) is 6.75. The standard InChI is InChI=1S/C16H18O5/c1-11(17)20-14-7-8-15(10-14)21-16(18)9-12-3-5-13(19-2)6-4-12/h3-8,14-15H,9-10H2,1-2H3. The zero-order valence-electron chi connectivity index (χ0n) is 12.1. The van der Waals surface area contributed by atoms with E-state index in [4.69, 9.17) is 14.2 Å². The summed E-state index contributed by atoms with van der Waals surface area (Å²) in [4.78, 5) is 22.7. The fourth-order valence-corrected chi connectivity index (χ4v) is 2.14. The lowest BCUT2D eigenvalue weighted by atomic mass is 10.1. The molecule has 2 rings (SSSR count). The number of hydrogen-bond acceptors (Lipinski definition) is 5. The molecule has 0 radical (unpaired) electrons. The molecule has 0 spiro atoms. The summed E-state index contributed by atoms with van der Waals surface area (Å²) >= 11 is 0. The number of ether oxygens (including phenoxy) is 3. The molecule has 1 aromatic rings. The minimum atomic E-state index is -0.338. The third kappa shape index (κ3) is 4.63. The Morgan fingerprint density at radius 2 is 1.71 bits per heavy atom. The highest BCUT2D eigenvalue weighted by Gasteiger charge is 2.24. The van der Waals surface area contributed by atoms with Crippen molar-refractivity contribution in [3.8, 4) is 5.75 Å². The Kier molecular flexibility index (Phi) is 4.98. The van der Waals surface area contributed by atoms with Crippen molar-refractivity contribution in [2.45, 2.75) is 32.0 Å². The molecule has 0 bridgehead atoms. The average Bonchev–Trinajstić information content (AvgIpc) is 2.85. The topological polar surface area (TPSA) is 61.8 Å².